The Morgan fingerprint density at radius 3 is 2.94 bits per heavy atom. The Morgan fingerprint density at radius 1 is 1.50 bits per heavy atom. The first kappa shape index (κ1) is 11.4. The van der Waals surface area contributed by atoms with E-state index in [0.29, 0.717) is 0 Å². The first-order chi connectivity index (χ1) is 7.63. The summed E-state index contributed by atoms with van der Waals surface area (Å²) in [7, 11) is 1.97. The quantitative estimate of drug-likeness (QED) is 0.882. The number of aromatic nitrogens is 2. The van der Waals surface area contributed by atoms with Crippen LogP contribution in [0.2, 0.25) is 0 Å². The second-order valence-electron chi connectivity index (χ2n) is 4.36. The van der Waals surface area contributed by atoms with Crippen LogP contribution < -0.4 is 5.32 Å². The van der Waals surface area contributed by atoms with Gasteiger partial charge in [0.2, 0.25) is 0 Å². The van der Waals surface area contributed by atoms with Crippen LogP contribution >= 0.6 is 11.3 Å². The third-order valence-electron chi connectivity index (χ3n) is 2.88. The summed E-state index contributed by atoms with van der Waals surface area (Å²) < 4.78 is 2.20. The Kier molecular flexibility index (Phi) is 3.12. The predicted molar refractivity (Wildman–Crippen MR) is 67.7 cm³/mol. The SMILES string of the molecule is CNC(C)(C)c1cncn1Cc1cccs1. The molecule has 0 aliphatic carbocycles. The molecule has 0 aliphatic rings. The molecule has 2 heterocycles. The first-order valence-corrected chi connectivity index (χ1v) is 6.23. The predicted octanol–water partition coefficient (Wildman–Crippen LogP) is 2.45. The van der Waals surface area contributed by atoms with Gasteiger partial charge < -0.3 is 9.88 Å². The molecule has 2 rings (SSSR count). The second-order valence-corrected chi connectivity index (χ2v) is 5.39. The van der Waals surface area contributed by atoms with Crippen molar-refractivity contribution in [3.05, 3.63) is 40.6 Å². The zero-order valence-corrected chi connectivity index (χ0v) is 10.7. The number of rotatable bonds is 4. The number of thiophene rings is 1. The summed E-state index contributed by atoms with van der Waals surface area (Å²) >= 11 is 1.78. The van der Waals surface area contributed by atoms with Gasteiger partial charge in [-0.2, -0.15) is 0 Å². The molecule has 0 fully saturated rings. The highest BCUT2D eigenvalue weighted by Gasteiger charge is 2.22. The lowest BCUT2D eigenvalue weighted by Gasteiger charge is -2.25. The molecular formula is C12H17N3S. The standard InChI is InChI=1S/C12H17N3S/c1-12(2,13-3)11-7-14-9-15(11)8-10-5-4-6-16-10/h4-7,9,13H,8H2,1-3H3. The van der Waals surface area contributed by atoms with Gasteiger partial charge in [-0.25, -0.2) is 4.98 Å². The highest BCUT2D eigenvalue weighted by molar-refractivity contribution is 7.09. The van der Waals surface area contributed by atoms with Crippen molar-refractivity contribution in [2.24, 2.45) is 0 Å². The summed E-state index contributed by atoms with van der Waals surface area (Å²) in [6, 6.07) is 4.24. The number of imidazole rings is 1. The average Bonchev–Trinajstić information content (AvgIpc) is 2.89. The molecule has 0 bridgehead atoms. The van der Waals surface area contributed by atoms with Gasteiger partial charge in [0.1, 0.15) is 0 Å². The lowest BCUT2D eigenvalue weighted by Crippen LogP contribution is -2.35. The largest absolute Gasteiger partial charge is 0.328 e. The molecular weight excluding hydrogens is 218 g/mol. The molecule has 4 heteroatoms. The molecule has 0 saturated carbocycles. The number of nitrogens with one attached hydrogen (secondary N) is 1. The van der Waals surface area contributed by atoms with Gasteiger partial charge in [0.15, 0.2) is 0 Å². The summed E-state index contributed by atoms with van der Waals surface area (Å²) in [5.41, 5.74) is 1.16. The molecule has 0 aromatic carbocycles. The van der Waals surface area contributed by atoms with Crippen LogP contribution in [0.5, 0.6) is 0 Å². The van der Waals surface area contributed by atoms with Crippen molar-refractivity contribution in [1.29, 1.82) is 0 Å². The molecule has 0 spiro atoms. The number of hydrogen-bond acceptors (Lipinski definition) is 3. The van der Waals surface area contributed by atoms with Gasteiger partial charge >= 0.3 is 0 Å². The lowest BCUT2D eigenvalue weighted by atomic mass is 10.0. The van der Waals surface area contributed by atoms with E-state index in [1.165, 1.54) is 10.6 Å². The Bertz CT molecular complexity index is 443. The fourth-order valence-corrected chi connectivity index (χ4v) is 2.37. The van der Waals surface area contributed by atoms with E-state index in [4.69, 9.17) is 0 Å². The van der Waals surface area contributed by atoms with Crippen molar-refractivity contribution >= 4 is 11.3 Å². The molecule has 0 atom stereocenters. The van der Waals surface area contributed by atoms with Crippen LogP contribution in [-0.4, -0.2) is 16.6 Å². The summed E-state index contributed by atoms with van der Waals surface area (Å²) in [5.74, 6) is 0. The molecule has 3 nitrogen and oxygen atoms in total. The van der Waals surface area contributed by atoms with E-state index in [1.807, 2.05) is 19.6 Å². The minimum Gasteiger partial charge on any atom is -0.328 e. The van der Waals surface area contributed by atoms with E-state index in [-0.39, 0.29) is 5.54 Å². The van der Waals surface area contributed by atoms with E-state index in [2.05, 4.69) is 46.2 Å². The van der Waals surface area contributed by atoms with E-state index < -0.39 is 0 Å². The van der Waals surface area contributed by atoms with E-state index >= 15 is 0 Å². The first-order valence-electron chi connectivity index (χ1n) is 5.35. The average molecular weight is 235 g/mol. The molecule has 2 aromatic heterocycles. The molecule has 2 aromatic rings. The molecule has 1 N–H and O–H groups in total. The van der Waals surface area contributed by atoms with Crippen molar-refractivity contribution in [2.45, 2.75) is 25.9 Å². The van der Waals surface area contributed by atoms with Gasteiger partial charge in [0.05, 0.1) is 30.3 Å². The van der Waals surface area contributed by atoms with Crippen molar-refractivity contribution in [3.63, 3.8) is 0 Å². The Labute approximate surface area is 100 Å². The maximum absolute atomic E-state index is 4.24. The molecule has 0 radical (unpaired) electrons. The Balaban J connectivity index is 2.26. The second kappa shape index (κ2) is 4.39. The van der Waals surface area contributed by atoms with Gasteiger partial charge in [0.25, 0.3) is 0 Å². The molecule has 16 heavy (non-hydrogen) atoms. The van der Waals surface area contributed by atoms with Crippen molar-refractivity contribution < 1.29 is 0 Å². The summed E-state index contributed by atoms with van der Waals surface area (Å²) in [6.07, 6.45) is 3.83. The van der Waals surface area contributed by atoms with Gasteiger partial charge in [-0.15, -0.1) is 11.3 Å². The van der Waals surface area contributed by atoms with Gasteiger partial charge in [0, 0.05) is 4.88 Å². The molecule has 0 aliphatic heterocycles. The lowest BCUT2D eigenvalue weighted by molar-refractivity contribution is 0.414. The van der Waals surface area contributed by atoms with Crippen molar-refractivity contribution in [2.75, 3.05) is 7.05 Å². The Morgan fingerprint density at radius 2 is 2.31 bits per heavy atom. The Hall–Kier alpha value is -1.13. The molecule has 0 saturated heterocycles. The summed E-state index contributed by atoms with van der Waals surface area (Å²) in [4.78, 5) is 5.60. The van der Waals surface area contributed by atoms with Crippen LogP contribution in [0.1, 0.15) is 24.4 Å². The van der Waals surface area contributed by atoms with Crippen LogP contribution in [0.4, 0.5) is 0 Å². The molecule has 86 valence electrons. The zero-order chi connectivity index (χ0) is 11.6. The number of nitrogens with zero attached hydrogens (tertiary/aromatic N) is 2. The van der Waals surface area contributed by atoms with E-state index in [0.717, 1.165) is 6.54 Å². The van der Waals surface area contributed by atoms with E-state index in [1.54, 1.807) is 11.3 Å². The van der Waals surface area contributed by atoms with Crippen LogP contribution in [0.15, 0.2) is 30.0 Å². The fourth-order valence-electron chi connectivity index (χ4n) is 1.67. The molecule has 0 unspecified atom stereocenters. The van der Waals surface area contributed by atoms with Crippen LogP contribution in [0.3, 0.4) is 0 Å². The van der Waals surface area contributed by atoms with Crippen LogP contribution in [0.25, 0.3) is 0 Å². The summed E-state index contributed by atoms with van der Waals surface area (Å²) in [6.45, 7) is 5.22. The van der Waals surface area contributed by atoms with Gasteiger partial charge in [-0.05, 0) is 32.3 Å². The van der Waals surface area contributed by atoms with Crippen molar-refractivity contribution in [1.82, 2.24) is 14.9 Å². The minimum absolute atomic E-state index is 0.0479. The van der Waals surface area contributed by atoms with Crippen LogP contribution in [-0.2, 0) is 12.1 Å². The maximum atomic E-state index is 4.24. The zero-order valence-electron chi connectivity index (χ0n) is 9.90. The molecule has 0 amide bonds. The minimum atomic E-state index is -0.0479. The number of hydrogen-bond donors (Lipinski definition) is 1. The maximum Gasteiger partial charge on any atom is 0.0952 e. The smallest absolute Gasteiger partial charge is 0.0952 e. The van der Waals surface area contributed by atoms with Gasteiger partial charge in [-0.1, -0.05) is 6.07 Å². The highest BCUT2D eigenvalue weighted by Crippen LogP contribution is 2.21. The highest BCUT2D eigenvalue weighted by atomic mass is 32.1. The topological polar surface area (TPSA) is 29.9 Å². The fraction of sp³-hybridized carbons (Fsp3) is 0.417. The summed E-state index contributed by atoms with van der Waals surface area (Å²) in [5, 5.41) is 5.41. The van der Waals surface area contributed by atoms with E-state index in [9.17, 15) is 0 Å². The van der Waals surface area contributed by atoms with Gasteiger partial charge in [-0.3, -0.25) is 0 Å². The monoisotopic (exact) mass is 235 g/mol. The third kappa shape index (κ3) is 2.18. The van der Waals surface area contributed by atoms with Crippen LogP contribution in [0, 0.1) is 0 Å². The third-order valence-corrected chi connectivity index (χ3v) is 3.75. The van der Waals surface area contributed by atoms with Crippen molar-refractivity contribution in [3.8, 4) is 0 Å². The normalized spacial score (nSPS) is 11.9.